The molecule has 2 heterocycles. The van der Waals surface area contributed by atoms with Gasteiger partial charge in [0, 0.05) is 24.8 Å². The minimum atomic E-state index is -5.08. The van der Waals surface area contributed by atoms with Crippen LogP contribution >= 0.6 is 11.6 Å². The summed E-state index contributed by atoms with van der Waals surface area (Å²) in [5.41, 5.74) is -0.0682. The molecule has 3 rings (SSSR count). The van der Waals surface area contributed by atoms with Crippen LogP contribution in [0.1, 0.15) is 47.1 Å². The molecular formula is C22H21ClF6N4O5. The molecule has 0 amide bonds. The van der Waals surface area contributed by atoms with Gasteiger partial charge in [-0.25, -0.2) is 19.1 Å². The van der Waals surface area contributed by atoms with Crippen LogP contribution < -0.4 is 5.56 Å². The predicted octanol–water partition coefficient (Wildman–Crippen LogP) is 4.70. The Balaban J connectivity index is 0.000000638. The lowest BCUT2D eigenvalue weighted by molar-refractivity contribution is -0.192. The highest BCUT2D eigenvalue weighted by molar-refractivity contribution is 6.31. The average Bonchev–Trinajstić information content (AvgIpc) is 3.22. The fourth-order valence-corrected chi connectivity index (χ4v) is 3.43. The van der Waals surface area contributed by atoms with Gasteiger partial charge in [-0.2, -0.15) is 26.3 Å². The summed E-state index contributed by atoms with van der Waals surface area (Å²) in [6.07, 6.45) is -8.26. The van der Waals surface area contributed by atoms with Crippen molar-refractivity contribution in [3.05, 3.63) is 68.2 Å². The molecule has 0 aliphatic rings. The number of nitrogens with zero attached hydrogens (tertiary/aromatic N) is 3. The third-order valence-corrected chi connectivity index (χ3v) is 5.45. The van der Waals surface area contributed by atoms with Gasteiger partial charge in [-0.15, -0.1) is 0 Å². The SMILES string of the molecule is CCOC(=O)c1c[nH]n2c(=O)cc(CN(C)C(C)c3ccc(C(F)(F)F)c(Cl)c3)nc12.O=C(O)C(F)(F)F. The van der Waals surface area contributed by atoms with Crippen molar-refractivity contribution in [2.75, 3.05) is 13.7 Å². The van der Waals surface area contributed by atoms with Gasteiger partial charge in [0.2, 0.25) is 0 Å². The van der Waals surface area contributed by atoms with Crippen molar-refractivity contribution in [3.8, 4) is 0 Å². The molecule has 208 valence electrons. The number of esters is 1. The van der Waals surface area contributed by atoms with Crippen LogP contribution in [-0.4, -0.2) is 56.4 Å². The van der Waals surface area contributed by atoms with Crippen LogP contribution in [-0.2, 0) is 22.3 Å². The quantitative estimate of drug-likeness (QED) is 0.326. The number of carbonyl (C=O) groups is 2. The van der Waals surface area contributed by atoms with Crippen LogP contribution in [0, 0.1) is 0 Å². The van der Waals surface area contributed by atoms with Crippen molar-refractivity contribution in [3.63, 3.8) is 0 Å². The lowest BCUT2D eigenvalue weighted by atomic mass is 10.0. The molecule has 38 heavy (non-hydrogen) atoms. The average molecular weight is 571 g/mol. The number of nitrogens with one attached hydrogen (secondary N) is 1. The van der Waals surface area contributed by atoms with Crippen molar-refractivity contribution in [1.82, 2.24) is 19.5 Å². The van der Waals surface area contributed by atoms with E-state index >= 15 is 0 Å². The molecular weight excluding hydrogens is 550 g/mol. The van der Waals surface area contributed by atoms with Crippen LogP contribution in [0.2, 0.25) is 5.02 Å². The van der Waals surface area contributed by atoms with Gasteiger partial charge in [0.15, 0.2) is 5.65 Å². The van der Waals surface area contributed by atoms with Gasteiger partial charge in [-0.1, -0.05) is 17.7 Å². The number of carboxylic acids is 1. The Morgan fingerprint density at radius 2 is 1.82 bits per heavy atom. The van der Waals surface area contributed by atoms with E-state index in [1.807, 2.05) is 0 Å². The van der Waals surface area contributed by atoms with E-state index in [1.165, 1.54) is 24.4 Å². The van der Waals surface area contributed by atoms with Gasteiger partial charge >= 0.3 is 24.3 Å². The third kappa shape index (κ3) is 7.47. The summed E-state index contributed by atoms with van der Waals surface area (Å²) in [6, 6.07) is 4.59. The second-order valence-corrected chi connectivity index (χ2v) is 8.19. The van der Waals surface area contributed by atoms with Gasteiger partial charge in [-0.05, 0) is 38.6 Å². The number of fused-ring (bicyclic) bond motifs is 1. The molecule has 0 aliphatic carbocycles. The van der Waals surface area contributed by atoms with E-state index < -0.39 is 35.4 Å². The normalized spacial score (nSPS) is 12.7. The lowest BCUT2D eigenvalue weighted by Crippen LogP contribution is -2.25. The highest BCUT2D eigenvalue weighted by Gasteiger charge is 2.38. The van der Waals surface area contributed by atoms with Crippen molar-refractivity contribution >= 4 is 29.2 Å². The molecule has 0 fully saturated rings. The Kier molecular flexibility index (Phi) is 9.56. The maximum absolute atomic E-state index is 12.9. The first-order chi connectivity index (χ1) is 17.5. The summed E-state index contributed by atoms with van der Waals surface area (Å²) in [6.45, 7) is 3.85. The third-order valence-electron chi connectivity index (χ3n) is 5.14. The standard InChI is InChI=1S/C20H20ClF3N4O3.C2HF3O2/c1-4-31-19(30)14-9-25-28-17(29)8-13(26-18(14)28)10-27(3)11(2)12-5-6-15(16(21)7-12)20(22,23)24;3-2(4,5)1(6)7/h5-9,11,25H,4,10H2,1-3H3;(H,6,7). The Hall–Kier alpha value is -3.59. The van der Waals surface area contributed by atoms with Gasteiger partial charge in [0.05, 0.1) is 22.9 Å². The number of aromatic nitrogens is 3. The highest BCUT2D eigenvalue weighted by atomic mass is 35.5. The van der Waals surface area contributed by atoms with E-state index in [0.717, 1.165) is 10.6 Å². The number of aromatic amines is 1. The summed E-state index contributed by atoms with van der Waals surface area (Å²) >= 11 is 5.83. The zero-order chi connectivity index (χ0) is 29.0. The molecule has 1 atom stereocenters. The Labute approximate surface area is 215 Å². The van der Waals surface area contributed by atoms with E-state index in [0.29, 0.717) is 11.3 Å². The number of hydrogen-bond donors (Lipinski definition) is 2. The molecule has 1 aromatic carbocycles. The fraction of sp³-hybridized carbons (Fsp3) is 0.364. The molecule has 1 unspecified atom stereocenters. The van der Waals surface area contributed by atoms with Gasteiger partial charge < -0.3 is 9.84 Å². The number of hydrogen-bond acceptors (Lipinski definition) is 6. The maximum Gasteiger partial charge on any atom is 0.490 e. The number of carboxylic acid groups (broad SMARTS) is 1. The zero-order valence-electron chi connectivity index (χ0n) is 19.9. The molecule has 0 spiro atoms. The van der Waals surface area contributed by atoms with Crippen LogP contribution in [0.5, 0.6) is 0 Å². The van der Waals surface area contributed by atoms with E-state index in [2.05, 4.69) is 10.1 Å². The van der Waals surface area contributed by atoms with Crippen molar-refractivity contribution < 1.29 is 45.8 Å². The molecule has 0 saturated heterocycles. The first kappa shape index (κ1) is 30.6. The first-order valence-corrected chi connectivity index (χ1v) is 11.0. The van der Waals surface area contributed by atoms with Crippen LogP contribution in [0.4, 0.5) is 26.3 Å². The van der Waals surface area contributed by atoms with E-state index in [4.69, 9.17) is 26.2 Å². The minimum Gasteiger partial charge on any atom is -0.475 e. The van der Waals surface area contributed by atoms with Gasteiger partial charge in [0.25, 0.3) is 5.56 Å². The van der Waals surface area contributed by atoms with Crippen molar-refractivity contribution in [2.24, 2.45) is 0 Å². The Morgan fingerprint density at radius 3 is 2.32 bits per heavy atom. The Morgan fingerprint density at radius 1 is 1.21 bits per heavy atom. The molecule has 0 bridgehead atoms. The number of carbonyl (C=O) groups excluding carboxylic acids is 1. The zero-order valence-corrected chi connectivity index (χ0v) is 20.7. The molecule has 0 radical (unpaired) electrons. The van der Waals surface area contributed by atoms with E-state index in [9.17, 15) is 35.9 Å². The molecule has 2 aromatic heterocycles. The first-order valence-electron chi connectivity index (χ1n) is 10.6. The number of rotatable bonds is 6. The van der Waals surface area contributed by atoms with E-state index in [1.54, 1.807) is 25.8 Å². The molecule has 16 heteroatoms. The number of alkyl halides is 6. The monoisotopic (exact) mass is 570 g/mol. The molecule has 2 N–H and O–H groups in total. The number of halogens is 7. The number of aliphatic carboxylic acids is 1. The van der Waals surface area contributed by atoms with Gasteiger partial charge in [-0.3, -0.25) is 14.8 Å². The minimum absolute atomic E-state index is 0.131. The molecule has 0 saturated carbocycles. The van der Waals surface area contributed by atoms with Crippen LogP contribution in [0.25, 0.3) is 5.65 Å². The second-order valence-electron chi connectivity index (χ2n) is 7.78. The second kappa shape index (κ2) is 11.9. The maximum atomic E-state index is 12.9. The van der Waals surface area contributed by atoms with Crippen LogP contribution in [0.15, 0.2) is 35.3 Å². The molecule has 9 nitrogen and oxygen atoms in total. The smallest absolute Gasteiger partial charge is 0.475 e. The summed E-state index contributed by atoms with van der Waals surface area (Å²) in [5.74, 6) is -3.36. The van der Waals surface area contributed by atoms with Crippen LogP contribution in [0.3, 0.4) is 0 Å². The topological polar surface area (TPSA) is 117 Å². The predicted molar refractivity (Wildman–Crippen MR) is 122 cm³/mol. The summed E-state index contributed by atoms with van der Waals surface area (Å²) in [5, 5.41) is 9.41. The molecule has 0 aliphatic heterocycles. The van der Waals surface area contributed by atoms with Gasteiger partial charge in [0.1, 0.15) is 5.56 Å². The summed E-state index contributed by atoms with van der Waals surface area (Å²) in [7, 11) is 1.74. The number of H-pyrrole nitrogens is 1. The summed E-state index contributed by atoms with van der Waals surface area (Å²) < 4.78 is 76.7. The van der Waals surface area contributed by atoms with Crippen molar-refractivity contribution in [2.45, 2.75) is 38.8 Å². The Bertz CT molecular complexity index is 1370. The van der Waals surface area contributed by atoms with E-state index in [-0.39, 0.29) is 35.4 Å². The highest BCUT2D eigenvalue weighted by Crippen LogP contribution is 2.36. The number of ether oxygens (including phenoxy) is 1. The summed E-state index contributed by atoms with van der Waals surface area (Å²) in [4.78, 5) is 39.6. The molecule has 3 aromatic rings. The lowest BCUT2D eigenvalue weighted by Gasteiger charge is -2.25. The van der Waals surface area contributed by atoms with Crippen molar-refractivity contribution in [1.29, 1.82) is 0 Å². The number of benzene rings is 1. The largest absolute Gasteiger partial charge is 0.490 e. The fourth-order valence-electron chi connectivity index (χ4n) is 3.14.